The van der Waals surface area contributed by atoms with Crippen molar-refractivity contribution < 1.29 is 0 Å². The van der Waals surface area contributed by atoms with Gasteiger partial charge in [-0.15, -0.1) is 0 Å². The maximum Gasteiger partial charge on any atom is 0.0532 e. The van der Waals surface area contributed by atoms with E-state index in [1.165, 1.54) is 11.3 Å². The number of aromatic nitrogens is 3. The molecule has 2 aromatic rings. The van der Waals surface area contributed by atoms with Crippen LogP contribution < -0.4 is 5.32 Å². The first-order valence-corrected chi connectivity index (χ1v) is 4.26. The van der Waals surface area contributed by atoms with Crippen LogP contribution in [-0.4, -0.2) is 15.2 Å². The van der Waals surface area contributed by atoms with Crippen molar-refractivity contribution >= 4 is 0 Å². The Morgan fingerprint density at radius 1 is 1.38 bits per heavy atom. The fraction of sp³-hybridized carbons (Fsp3) is 0.222. The molecule has 0 saturated carbocycles. The van der Waals surface area contributed by atoms with Crippen LogP contribution in [0.4, 0.5) is 0 Å². The van der Waals surface area contributed by atoms with Crippen molar-refractivity contribution in [3.8, 4) is 0 Å². The number of nitrogens with one attached hydrogen (secondary N) is 3. The van der Waals surface area contributed by atoms with E-state index in [1.807, 2.05) is 24.7 Å². The average Bonchev–Trinajstić information content (AvgIpc) is 2.75. The molecule has 0 aromatic carbocycles. The molecule has 2 rings (SSSR count). The summed E-state index contributed by atoms with van der Waals surface area (Å²) in [4.78, 5) is 3.13. The highest BCUT2D eigenvalue weighted by Crippen LogP contribution is 1.96. The molecule has 0 aliphatic rings. The van der Waals surface area contributed by atoms with Crippen molar-refractivity contribution in [2.45, 2.75) is 13.1 Å². The van der Waals surface area contributed by atoms with Crippen molar-refractivity contribution in [3.63, 3.8) is 0 Å². The van der Waals surface area contributed by atoms with Gasteiger partial charge in [0.1, 0.15) is 0 Å². The summed E-state index contributed by atoms with van der Waals surface area (Å²) in [7, 11) is 0. The topological polar surface area (TPSA) is 56.5 Å². The molecular weight excluding hydrogens is 164 g/mol. The summed E-state index contributed by atoms with van der Waals surface area (Å²) in [6, 6.07) is 4.05. The lowest BCUT2D eigenvalue weighted by Gasteiger charge is -1.99. The first-order chi connectivity index (χ1) is 6.45. The minimum atomic E-state index is 0.843. The second kappa shape index (κ2) is 3.91. The van der Waals surface area contributed by atoms with E-state index >= 15 is 0 Å². The minimum absolute atomic E-state index is 0.843. The third kappa shape index (κ3) is 2.19. The smallest absolute Gasteiger partial charge is 0.0532 e. The largest absolute Gasteiger partial charge is 0.364 e. The van der Waals surface area contributed by atoms with Crippen LogP contribution in [0, 0.1) is 0 Å². The van der Waals surface area contributed by atoms with Crippen molar-refractivity contribution in [1.29, 1.82) is 0 Å². The van der Waals surface area contributed by atoms with E-state index in [1.54, 1.807) is 0 Å². The molecule has 0 aliphatic carbocycles. The van der Waals surface area contributed by atoms with Gasteiger partial charge in [-0.2, -0.15) is 5.10 Å². The summed E-state index contributed by atoms with van der Waals surface area (Å²) in [5, 5.41) is 9.94. The maximum absolute atomic E-state index is 3.87. The summed E-state index contributed by atoms with van der Waals surface area (Å²) in [5.74, 6) is 0. The molecule has 0 saturated heterocycles. The van der Waals surface area contributed by atoms with Crippen LogP contribution in [0.2, 0.25) is 0 Å². The average molecular weight is 176 g/mol. The standard InChI is InChI=1S/C9H12N4/c1-2-9(11-3-1)7-10-4-8-5-12-13-6-8/h1-3,5-6,10-11H,4,7H2,(H,12,13). The normalized spacial score (nSPS) is 10.5. The summed E-state index contributed by atoms with van der Waals surface area (Å²) in [6.45, 7) is 1.70. The highest BCUT2D eigenvalue weighted by molar-refractivity contribution is 5.05. The second-order valence-electron chi connectivity index (χ2n) is 2.91. The van der Waals surface area contributed by atoms with Gasteiger partial charge in [-0.05, 0) is 12.1 Å². The van der Waals surface area contributed by atoms with E-state index < -0.39 is 0 Å². The fourth-order valence-corrected chi connectivity index (χ4v) is 1.19. The van der Waals surface area contributed by atoms with Crippen LogP contribution in [0.15, 0.2) is 30.7 Å². The molecule has 4 heteroatoms. The first kappa shape index (κ1) is 8.07. The Labute approximate surface area is 76.4 Å². The van der Waals surface area contributed by atoms with Crippen molar-refractivity contribution in [2.24, 2.45) is 0 Å². The Bertz CT molecular complexity index is 288. The van der Waals surface area contributed by atoms with E-state index in [-0.39, 0.29) is 0 Å². The Balaban J connectivity index is 1.76. The first-order valence-electron chi connectivity index (χ1n) is 4.26. The molecule has 0 aliphatic heterocycles. The molecule has 13 heavy (non-hydrogen) atoms. The third-order valence-corrected chi connectivity index (χ3v) is 1.86. The summed E-state index contributed by atoms with van der Waals surface area (Å²) in [6.07, 6.45) is 5.64. The Hall–Kier alpha value is -1.55. The number of aromatic amines is 2. The van der Waals surface area contributed by atoms with Gasteiger partial charge in [0.25, 0.3) is 0 Å². The van der Waals surface area contributed by atoms with E-state index in [4.69, 9.17) is 0 Å². The van der Waals surface area contributed by atoms with Crippen LogP contribution >= 0.6 is 0 Å². The zero-order chi connectivity index (χ0) is 8.93. The lowest BCUT2D eigenvalue weighted by Crippen LogP contribution is -2.12. The monoisotopic (exact) mass is 176 g/mol. The number of rotatable bonds is 4. The predicted molar refractivity (Wildman–Crippen MR) is 49.9 cm³/mol. The van der Waals surface area contributed by atoms with Crippen LogP contribution in [0.3, 0.4) is 0 Å². The van der Waals surface area contributed by atoms with Gasteiger partial charge in [0.2, 0.25) is 0 Å². The van der Waals surface area contributed by atoms with Gasteiger partial charge >= 0.3 is 0 Å². The molecule has 2 heterocycles. The number of nitrogens with zero attached hydrogens (tertiary/aromatic N) is 1. The van der Waals surface area contributed by atoms with Crippen molar-refractivity contribution in [1.82, 2.24) is 20.5 Å². The van der Waals surface area contributed by atoms with E-state index in [0.29, 0.717) is 0 Å². The van der Waals surface area contributed by atoms with Gasteiger partial charge < -0.3 is 10.3 Å². The Morgan fingerprint density at radius 3 is 3.08 bits per heavy atom. The molecule has 0 unspecified atom stereocenters. The third-order valence-electron chi connectivity index (χ3n) is 1.86. The SMILES string of the molecule is c1c[nH]c(CNCc2cn[nH]c2)c1. The van der Waals surface area contributed by atoms with Crippen molar-refractivity contribution in [2.75, 3.05) is 0 Å². The quantitative estimate of drug-likeness (QED) is 0.651. The molecule has 4 nitrogen and oxygen atoms in total. The molecule has 0 amide bonds. The highest BCUT2D eigenvalue weighted by atomic mass is 15.1. The number of hydrogen-bond acceptors (Lipinski definition) is 2. The lowest BCUT2D eigenvalue weighted by atomic mass is 10.3. The van der Waals surface area contributed by atoms with E-state index in [2.05, 4.69) is 26.6 Å². The fourth-order valence-electron chi connectivity index (χ4n) is 1.19. The predicted octanol–water partition coefficient (Wildman–Crippen LogP) is 1.03. The molecule has 0 fully saturated rings. The molecule has 0 atom stereocenters. The summed E-state index contributed by atoms with van der Waals surface area (Å²) in [5.41, 5.74) is 2.37. The van der Waals surface area contributed by atoms with E-state index in [0.717, 1.165) is 13.1 Å². The van der Waals surface area contributed by atoms with Crippen LogP contribution in [0.5, 0.6) is 0 Å². The molecule has 3 N–H and O–H groups in total. The maximum atomic E-state index is 3.87. The highest BCUT2D eigenvalue weighted by Gasteiger charge is 1.94. The number of hydrogen-bond donors (Lipinski definition) is 3. The molecule has 0 spiro atoms. The van der Waals surface area contributed by atoms with Crippen LogP contribution in [-0.2, 0) is 13.1 Å². The second-order valence-corrected chi connectivity index (χ2v) is 2.91. The van der Waals surface area contributed by atoms with Crippen molar-refractivity contribution in [3.05, 3.63) is 42.0 Å². The molecule has 68 valence electrons. The van der Waals surface area contributed by atoms with Gasteiger partial charge in [0, 0.05) is 36.7 Å². The molecular formula is C9H12N4. The lowest BCUT2D eigenvalue weighted by molar-refractivity contribution is 0.683. The Morgan fingerprint density at radius 2 is 2.38 bits per heavy atom. The van der Waals surface area contributed by atoms with Gasteiger partial charge in [-0.3, -0.25) is 5.10 Å². The van der Waals surface area contributed by atoms with Gasteiger partial charge in [-0.25, -0.2) is 0 Å². The van der Waals surface area contributed by atoms with Gasteiger partial charge in [0.15, 0.2) is 0 Å². The Kier molecular flexibility index (Phi) is 2.43. The van der Waals surface area contributed by atoms with E-state index in [9.17, 15) is 0 Å². The van der Waals surface area contributed by atoms with Crippen LogP contribution in [0.25, 0.3) is 0 Å². The zero-order valence-corrected chi connectivity index (χ0v) is 7.25. The summed E-state index contributed by atoms with van der Waals surface area (Å²) < 4.78 is 0. The molecule has 0 bridgehead atoms. The molecule has 2 aromatic heterocycles. The van der Waals surface area contributed by atoms with Crippen LogP contribution in [0.1, 0.15) is 11.3 Å². The van der Waals surface area contributed by atoms with Gasteiger partial charge in [0.05, 0.1) is 6.20 Å². The number of H-pyrrole nitrogens is 2. The minimum Gasteiger partial charge on any atom is -0.364 e. The zero-order valence-electron chi connectivity index (χ0n) is 7.25. The summed E-state index contributed by atoms with van der Waals surface area (Å²) >= 11 is 0. The molecule has 0 radical (unpaired) electrons. The van der Waals surface area contributed by atoms with Gasteiger partial charge in [-0.1, -0.05) is 0 Å².